The lowest BCUT2D eigenvalue weighted by molar-refractivity contribution is -0.119. The van der Waals surface area contributed by atoms with Gasteiger partial charge in [0.2, 0.25) is 11.8 Å². The van der Waals surface area contributed by atoms with Crippen LogP contribution < -0.4 is 10.2 Å². The van der Waals surface area contributed by atoms with Crippen LogP contribution in [0.1, 0.15) is 35.1 Å². The second-order valence-electron chi connectivity index (χ2n) is 8.34. The van der Waals surface area contributed by atoms with Gasteiger partial charge in [-0.15, -0.1) is 0 Å². The first-order valence-electron chi connectivity index (χ1n) is 10.9. The number of aromatic nitrogens is 2. The van der Waals surface area contributed by atoms with E-state index in [1.807, 2.05) is 56.3 Å². The standard InChI is InChI=1S/C25H27N5O3/c1-16-14-22(31)26-20-12-8-9-13-21(20)29(16)23(32)15-28(4)25(33)24-17(2)27-30(18(24)3)19-10-6-5-7-11-19/h5-13,16H,14-15H2,1-4H3,(H,26,31)/t16-/m1/s1. The Hall–Kier alpha value is -3.94. The van der Waals surface area contributed by atoms with Crippen LogP contribution in [0, 0.1) is 13.8 Å². The molecule has 8 nitrogen and oxygen atoms in total. The second kappa shape index (κ2) is 8.90. The molecule has 4 rings (SSSR count). The topological polar surface area (TPSA) is 87.5 Å². The van der Waals surface area contributed by atoms with Crippen LogP contribution in [0.2, 0.25) is 0 Å². The highest BCUT2D eigenvalue weighted by molar-refractivity contribution is 6.06. The number of hydrogen-bond donors (Lipinski definition) is 1. The van der Waals surface area contributed by atoms with Crippen molar-refractivity contribution in [3.63, 3.8) is 0 Å². The first-order valence-corrected chi connectivity index (χ1v) is 10.9. The van der Waals surface area contributed by atoms with E-state index in [1.54, 1.807) is 35.7 Å². The van der Waals surface area contributed by atoms with Crippen molar-refractivity contribution in [2.45, 2.75) is 33.2 Å². The minimum absolute atomic E-state index is 0.124. The summed E-state index contributed by atoms with van der Waals surface area (Å²) in [6.07, 6.45) is 0.181. The monoisotopic (exact) mass is 445 g/mol. The van der Waals surface area contributed by atoms with Gasteiger partial charge >= 0.3 is 0 Å². The maximum atomic E-state index is 13.3. The van der Waals surface area contributed by atoms with Crippen LogP contribution in [0.4, 0.5) is 11.4 Å². The molecule has 2 aromatic carbocycles. The number of amides is 3. The molecule has 0 aliphatic carbocycles. The van der Waals surface area contributed by atoms with Gasteiger partial charge in [-0.25, -0.2) is 4.68 Å². The molecule has 0 fully saturated rings. The van der Waals surface area contributed by atoms with Gasteiger partial charge in [0.1, 0.15) is 6.54 Å². The van der Waals surface area contributed by atoms with Gasteiger partial charge in [-0.3, -0.25) is 14.4 Å². The molecule has 1 atom stereocenters. The fraction of sp³-hybridized carbons (Fsp3) is 0.280. The molecule has 1 N–H and O–H groups in total. The van der Waals surface area contributed by atoms with Crippen molar-refractivity contribution in [2.75, 3.05) is 23.8 Å². The number of anilines is 2. The lowest BCUT2D eigenvalue weighted by Crippen LogP contribution is -2.45. The Morgan fingerprint density at radius 2 is 1.76 bits per heavy atom. The number of carbonyl (C=O) groups is 3. The number of hydrogen-bond acceptors (Lipinski definition) is 4. The fourth-order valence-corrected chi connectivity index (χ4v) is 4.28. The zero-order valence-corrected chi connectivity index (χ0v) is 19.2. The molecule has 0 bridgehead atoms. The Morgan fingerprint density at radius 3 is 2.48 bits per heavy atom. The van der Waals surface area contributed by atoms with Crippen molar-refractivity contribution in [1.29, 1.82) is 0 Å². The van der Waals surface area contributed by atoms with Crippen LogP contribution in [-0.2, 0) is 9.59 Å². The van der Waals surface area contributed by atoms with E-state index in [-0.39, 0.29) is 36.7 Å². The fourth-order valence-electron chi connectivity index (χ4n) is 4.28. The van der Waals surface area contributed by atoms with Crippen LogP contribution in [0.25, 0.3) is 5.69 Å². The largest absolute Gasteiger partial charge is 0.332 e. The van der Waals surface area contributed by atoms with Gasteiger partial charge in [0.05, 0.1) is 34.0 Å². The number of nitrogens with one attached hydrogen (secondary N) is 1. The predicted octanol–water partition coefficient (Wildman–Crippen LogP) is 3.33. The molecule has 1 aromatic heterocycles. The van der Waals surface area contributed by atoms with Crippen LogP contribution in [-0.4, -0.2) is 52.0 Å². The van der Waals surface area contributed by atoms with E-state index in [4.69, 9.17) is 0 Å². The number of likely N-dealkylation sites (N-methyl/N-ethyl adjacent to an activating group) is 1. The third kappa shape index (κ3) is 4.24. The minimum Gasteiger partial charge on any atom is -0.332 e. The quantitative estimate of drug-likeness (QED) is 0.667. The predicted molar refractivity (Wildman–Crippen MR) is 127 cm³/mol. The van der Waals surface area contributed by atoms with E-state index in [2.05, 4.69) is 10.4 Å². The minimum atomic E-state index is -0.339. The molecule has 8 heteroatoms. The SMILES string of the molecule is Cc1nn(-c2ccccc2)c(C)c1C(=O)N(C)CC(=O)N1c2ccccc2NC(=O)C[C@H]1C. The van der Waals surface area contributed by atoms with Gasteiger partial charge in [-0.1, -0.05) is 30.3 Å². The highest BCUT2D eigenvalue weighted by Gasteiger charge is 2.31. The van der Waals surface area contributed by atoms with E-state index >= 15 is 0 Å². The van der Waals surface area contributed by atoms with E-state index in [0.29, 0.717) is 28.3 Å². The van der Waals surface area contributed by atoms with E-state index < -0.39 is 0 Å². The van der Waals surface area contributed by atoms with Crippen LogP contribution in [0.5, 0.6) is 0 Å². The molecule has 33 heavy (non-hydrogen) atoms. The number of benzene rings is 2. The molecule has 0 radical (unpaired) electrons. The van der Waals surface area contributed by atoms with Gasteiger partial charge in [-0.05, 0) is 45.0 Å². The number of aryl methyl sites for hydroxylation is 1. The number of fused-ring (bicyclic) bond motifs is 1. The van der Waals surface area contributed by atoms with Gasteiger partial charge < -0.3 is 15.1 Å². The molecule has 170 valence electrons. The smallest absolute Gasteiger partial charge is 0.257 e. The molecule has 0 saturated heterocycles. The van der Waals surface area contributed by atoms with Crippen molar-refractivity contribution in [3.8, 4) is 5.69 Å². The Labute approximate surface area is 192 Å². The van der Waals surface area contributed by atoms with Crippen LogP contribution in [0.3, 0.4) is 0 Å². The molecule has 0 saturated carbocycles. The van der Waals surface area contributed by atoms with Crippen LogP contribution in [0.15, 0.2) is 54.6 Å². The summed E-state index contributed by atoms with van der Waals surface area (Å²) in [5, 5.41) is 7.39. The first-order chi connectivity index (χ1) is 15.8. The summed E-state index contributed by atoms with van der Waals surface area (Å²) in [5.74, 6) is -0.673. The molecule has 0 spiro atoms. The Bertz CT molecular complexity index is 1220. The molecule has 3 amide bonds. The second-order valence-corrected chi connectivity index (χ2v) is 8.34. The van der Waals surface area contributed by atoms with Crippen molar-refractivity contribution >= 4 is 29.1 Å². The van der Waals surface area contributed by atoms with Crippen LogP contribution >= 0.6 is 0 Å². The van der Waals surface area contributed by atoms with Crippen molar-refractivity contribution in [3.05, 3.63) is 71.5 Å². The average molecular weight is 446 g/mol. The summed E-state index contributed by atoms with van der Waals surface area (Å²) in [4.78, 5) is 41.9. The highest BCUT2D eigenvalue weighted by Crippen LogP contribution is 2.31. The average Bonchev–Trinajstić information content (AvgIpc) is 3.00. The lowest BCUT2D eigenvalue weighted by atomic mass is 10.1. The van der Waals surface area contributed by atoms with Gasteiger partial charge in [0.25, 0.3) is 5.91 Å². The van der Waals surface area contributed by atoms with E-state index in [9.17, 15) is 14.4 Å². The van der Waals surface area contributed by atoms with Crippen molar-refractivity contribution in [2.24, 2.45) is 0 Å². The summed E-state index contributed by atoms with van der Waals surface area (Å²) in [5.41, 5.74) is 3.88. The molecular weight excluding hydrogens is 418 g/mol. The maximum Gasteiger partial charge on any atom is 0.257 e. The molecule has 0 unspecified atom stereocenters. The van der Waals surface area contributed by atoms with E-state index in [1.165, 1.54) is 4.90 Å². The van der Waals surface area contributed by atoms with Crippen molar-refractivity contribution < 1.29 is 14.4 Å². The summed E-state index contributed by atoms with van der Waals surface area (Å²) >= 11 is 0. The highest BCUT2D eigenvalue weighted by atomic mass is 16.2. The molecular formula is C25H27N5O3. The lowest BCUT2D eigenvalue weighted by Gasteiger charge is -2.29. The summed E-state index contributed by atoms with van der Waals surface area (Å²) < 4.78 is 1.74. The normalized spacial score (nSPS) is 15.5. The first kappa shape index (κ1) is 22.3. The summed E-state index contributed by atoms with van der Waals surface area (Å²) in [6.45, 7) is 5.35. The number of rotatable bonds is 4. The number of carbonyl (C=O) groups excluding carboxylic acids is 3. The Kier molecular flexibility index (Phi) is 6.00. The third-order valence-corrected chi connectivity index (χ3v) is 5.85. The van der Waals surface area contributed by atoms with Gasteiger partial charge in [0, 0.05) is 19.5 Å². The van der Waals surface area contributed by atoms with Gasteiger partial charge in [0.15, 0.2) is 0 Å². The molecule has 1 aliphatic rings. The van der Waals surface area contributed by atoms with Gasteiger partial charge in [-0.2, -0.15) is 5.10 Å². The molecule has 1 aliphatic heterocycles. The molecule has 3 aromatic rings. The Balaban J connectivity index is 1.58. The zero-order chi connectivity index (χ0) is 23.7. The summed E-state index contributed by atoms with van der Waals surface area (Å²) in [6, 6.07) is 16.5. The van der Waals surface area contributed by atoms with E-state index in [0.717, 1.165) is 5.69 Å². The zero-order valence-electron chi connectivity index (χ0n) is 19.2. The van der Waals surface area contributed by atoms with Crippen molar-refractivity contribution in [1.82, 2.24) is 14.7 Å². The molecule has 2 heterocycles. The number of para-hydroxylation sites is 3. The third-order valence-electron chi connectivity index (χ3n) is 5.85. The Morgan fingerprint density at radius 1 is 1.09 bits per heavy atom. The maximum absolute atomic E-state index is 13.3. The number of nitrogens with zero attached hydrogens (tertiary/aromatic N) is 4. The summed E-state index contributed by atoms with van der Waals surface area (Å²) in [7, 11) is 1.61.